The minimum absolute atomic E-state index is 0.168. The first-order chi connectivity index (χ1) is 14.5. The lowest BCUT2D eigenvalue weighted by atomic mass is 10.0. The van der Waals surface area contributed by atoms with E-state index in [1.165, 1.54) is 7.11 Å². The maximum Gasteiger partial charge on any atom is 0.258 e. The molecule has 2 heterocycles. The molecule has 0 radical (unpaired) electrons. The van der Waals surface area contributed by atoms with Gasteiger partial charge in [-0.25, -0.2) is 9.97 Å². The van der Waals surface area contributed by atoms with E-state index in [1.54, 1.807) is 43.3 Å². The minimum Gasteiger partial charge on any atom is -0.493 e. The normalized spacial score (nSPS) is 18.2. The molecule has 1 aliphatic carbocycles. The van der Waals surface area contributed by atoms with Gasteiger partial charge in [0.1, 0.15) is 5.82 Å². The van der Waals surface area contributed by atoms with Crippen molar-refractivity contribution < 1.29 is 19.1 Å². The predicted octanol–water partition coefficient (Wildman–Crippen LogP) is 2.67. The highest BCUT2D eigenvalue weighted by molar-refractivity contribution is 5.99. The van der Waals surface area contributed by atoms with Crippen LogP contribution in [0.5, 0.6) is 11.5 Å². The molecule has 8 heteroatoms. The van der Waals surface area contributed by atoms with E-state index in [1.807, 2.05) is 0 Å². The third kappa shape index (κ3) is 3.81. The molecule has 0 unspecified atom stereocenters. The van der Waals surface area contributed by atoms with Crippen molar-refractivity contribution in [2.45, 2.75) is 44.7 Å². The van der Waals surface area contributed by atoms with Crippen molar-refractivity contribution in [1.82, 2.24) is 20.2 Å². The van der Waals surface area contributed by atoms with Gasteiger partial charge in [0.25, 0.3) is 11.8 Å². The Morgan fingerprint density at radius 2 is 1.93 bits per heavy atom. The Morgan fingerprint density at radius 3 is 2.63 bits per heavy atom. The van der Waals surface area contributed by atoms with Crippen LogP contribution in [0.25, 0.3) is 0 Å². The zero-order chi connectivity index (χ0) is 21.3. The molecule has 1 saturated carbocycles. The van der Waals surface area contributed by atoms with Gasteiger partial charge in [-0.05, 0) is 44.7 Å². The number of aryl methyl sites for hydroxylation is 1. The van der Waals surface area contributed by atoms with Gasteiger partial charge in [-0.1, -0.05) is 6.07 Å². The zero-order valence-electron chi connectivity index (χ0n) is 17.5. The van der Waals surface area contributed by atoms with Crippen molar-refractivity contribution in [2.24, 2.45) is 0 Å². The van der Waals surface area contributed by atoms with Gasteiger partial charge in [-0.15, -0.1) is 0 Å². The Balaban J connectivity index is 1.68. The molecule has 0 bridgehead atoms. The molecule has 1 aromatic heterocycles. The van der Waals surface area contributed by atoms with E-state index in [4.69, 9.17) is 9.47 Å². The van der Waals surface area contributed by atoms with Crippen molar-refractivity contribution in [1.29, 1.82) is 0 Å². The number of amides is 2. The number of hydrogen-bond acceptors (Lipinski definition) is 6. The second kappa shape index (κ2) is 8.30. The average molecular weight is 410 g/mol. The number of benzene rings is 1. The number of nitrogens with one attached hydrogen (secondary N) is 1. The first-order valence-corrected chi connectivity index (χ1v) is 10.2. The van der Waals surface area contributed by atoms with Crippen LogP contribution < -0.4 is 14.8 Å². The van der Waals surface area contributed by atoms with Crippen molar-refractivity contribution >= 4 is 11.8 Å². The van der Waals surface area contributed by atoms with Gasteiger partial charge in [-0.3, -0.25) is 9.59 Å². The minimum atomic E-state index is -0.296. The molecule has 1 aliphatic heterocycles. The molecule has 8 nitrogen and oxygen atoms in total. The van der Waals surface area contributed by atoms with E-state index in [2.05, 4.69) is 15.3 Å². The fraction of sp³-hybridized carbons (Fsp3) is 0.455. The molecule has 1 aromatic carbocycles. The van der Waals surface area contributed by atoms with E-state index < -0.39 is 0 Å². The summed E-state index contributed by atoms with van der Waals surface area (Å²) in [6.45, 7) is 2.37. The van der Waals surface area contributed by atoms with Crippen LogP contribution in [0, 0.1) is 6.92 Å². The molecule has 2 amide bonds. The standard InChI is InChI=1S/C22H26N4O4/c1-13-23-12-16(21(27)25-14-9-10-14)19(24-13)17-7-5-11-26(17)22(28)15-6-4-8-18(29-2)20(15)30-3/h4,6,8,12,14,17H,5,7,9-11H2,1-3H3,(H,25,27)/t17-/m1/s1. The van der Waals surface area contributed by atoms with Crippen molar-refractivity contribution in [3.8, 4) is 11.5 Å². The average Bonchev–Trinajstić information content (AvgIpc) is 3.43. The van der Waals surface area contributed by atoms with Crippen molar-refractivity contribution in [3.05, 3.63) is 47.0 Å². The topological polar surface area (TPSA) is 93.7 Å². The maximum absolute atomic E-state index is 13.5. The summed E-state index contributed by atoms with van der Waals surface area (Å²) in [5.41, 5.74) is 1.47. The number of rotatable bonds is 6. The number of aromatic nitrogens is 2. The monoisotopic (exact) mass is 410 g/mol. The van der Waals surface area contributed by atoms with E-state index in [0.29, 0.717) is 40.7 Å². The Labute approximate surface area is 175 Å². The molecule has 30 heavy (non-hydrogen) atoms. The Hall–Kier alpha value is -3.16. The number of carbonyl (C=O) groups is 2. The zero-order valence-corrected chi connectivity index (χ0v) is 17.5. The fourth-order valence-corrected chi connectivity index (χ4v) is 3.91. The first kappa shape index (κ1) is 20.1. The van der Waals surface area contributed by atoms with E-state index in [9.17, 15) is 9.59 Å². The molecule has 0 spiro atoms. The Morgan fingerprint density at radius 1 is 1.13 bits per heavy atom. The van der Waals surface area contributed by atoms with Crippen LogP contribution in [-0.4, -0.2) is 53.5 Å². The predicted molar refractivity (Wildman–Crippen MR) is 110 cm³/mol. The summed E-state index contributed by atoms with van der Waals surface area (Å²) in [5, 5.41) is 3.00. The molecule has 4 rings (SSSR count). The number of ether oxygens (including phenoxy) is 2. The molecule has 1 saturated heterocycles. The van der Waals surface area contributed by atoms with Gasteiger partial charge in [0.05, 0.1) is 37.1 Å². The maximum atomic E-state index is 13.5. The summed E-state index contributed by atoms with van der Waals surface area (Å²) in [5.74, 6) is 1.14. The Kier molecular flexibility index (Phi) is 5.57. The molecule has 2 aromatic rings. The second-order valence-electron chi connectivity index (χ2n) is 7.66. The SMILES string of the molecule is COc1cccc(C(=O)N2CCC[C@@H]2c2nc(C)ncc2C(=O)NC2CC2)c1OC. The van der Waals surface area contributed by atoms with Gasteiger partial charge < -0.3 is 19.7 Å². The van der Waals surface area contributed by atoms with Crippen LogP contribution >= 0.6 is 0 Å². The molecular weight excluding hydrogens is 384 g/mol. The lowest BCUT2D eigenvalue weighted by molar-refractivity contribution is 0.0724. The summed E-state index contributed by atoms with van der Waals surface area (Å²) >= 11 is 0. The second-order valence-corrected chi connectivity index (χ2v) is 7.66. The third-order valence-electron chi connectivity index (χ3n) is 5.56. The van der Waals surface area contributed by atoms with Gasteiger partial charge in [0.15, 0.2) is 11.5 Å². The van der Waals surface area contributed by atoms with Crippen LogP contribution in [0.15, 0.2) is 24.4 Å². The molecule has 158 valence electrons. The number of methoxy groups -OCH3 is 2. The summed E-state index contributed by atoms with van der Waals surface area (Å²) in [7, 11) is 3.06. The smallest absolute Gasteiger partial charge is 0.258 e. The molecule has 1 atom stereocenters. The number of likely N-dealkylation sites (tertiary alicyclic amines) is 1. The van der Waals surface area contributed by atoms with Crippen LogP contribution in [0.2, 0.25) is 0 Å². The fourth-order valence-electron chi connectivity index (χ4n) is 3.91. The lowest BCUT2D eigenvalue weighted by Gasteiger charge is -2.26. The van der Waals surface area contributed by atoms with E-state index >= 15 is 0 Å². The summed E-state index contributed by atoms with van der Waals surface area (Å²) < 4.78 is 10.8. The first-order valence-electron chi connectivity index (χ1n) is 10.2. The van der Waals surface area contributed by atoms with Crippen LogP contribution in [-0.2, 0) is 0 Å². The van der Waals surface area contributed by atoms with E-state index in [-0.39, 0.29) is 23.9 Å². The van der Waals surface area contributed by atoms with Crippen LogP contribution in [0.3, 0.4) is 0 Å². The largest absolute Gasteiger partial charge is 0.493 e. The highest BCUT2D eigenvalue weighted by atomic mass is 16.5. The van der Waals surface area contributed by atoms with E-state index in [0.717, 1.165) is 25.7 Å². The summed E-state index contributed by atoms with van der Waals surface area (Å²) in [6.07, 6.45) is 5.13. The highest BCUT2D eigenvalue weighted by Gasteiger charge is 2.36. The van der Waals surface area contributed by atoms with Crippen LogP contribution in [0.4, 0.5) is 0 Å². The quantitative estimate of drug-likeness (QED) is 0.787. The molecule has 2 aliphatic rings. The lowest BCUT2D eigenvalue weighted by Crippen LogP contribution is -2.34. The summed E-state index contributed by atoms with van der Waals surface area (Å²) in [4.78, 5) is 36.8. The van der Waals surface area contributed by atoms with Gasteiger partial charge in [0.2, 0.25) is 0 Å². The number of carbonyl (C=O) groups excluding carboxylic acids is 2. The molecule has 1 N–H and O–H groups in total. The Bertz CT molecular complexity index is 974. The van der Waals surface area contributed by atoms with Crippen molar-refractivity contribution in [2.75, 3.05) is 20.8 Å². The number of hydrogen-bond donors (Lipinski definition) is 1. The summed E-state index contributed by atoms with van der Waals surface area (Å²) in [6, 6.07) is 5.18. The number of nitrogens with zero attached hydrogens (tertiary/aromatic N) is 3. The number of para-hydroxylation sites is 1. The van der Waals surface area contributed by atoms with Gasteiger partial charge >= 0.3 is 0 Å². The third-order valence-corrected chi connectivity index (χ3v) is 5.56. The van der Waals surface area contributed by atoms with Crippen molar-refractivity contribution in [3.63, 3.8) is 0 Å². The van der Waals surface area contributed by atoms with Gasteiger partial charge in [0, 0.05) is 18.8 Å². The van der Waals surface area contributed by atoms with Crippen LogP contribution in [0.1, 0.15) is 64.0 Å². The molecule has 2 fully saturated rings. The highest BCUT2D eigenvalue weighted by Crippen LogP contribution is 2.37. The molecular formula is C22H26N4O4. The van der Waals surface area contributed by atoms with Gasteiger partial charge in [-0.2, -0.15) is 0 Å².